The minimum absolute atomic E-state index is 0.136. The third-order valence-corrected chi connectivity index (χ3v) is 8.29. The number of hydrogen-bond donors (Lipinski definition) is 3. The van der Waals surface area contributed by atoms with Crippen LogP contribution in [0, 0.1) is 11.8 Å². The first-order chi connectivity index (χ1) is 21.6. The van der Waals surface area contributed by atoms with Crippen molar-refractivity contribution < 1.29 is 37.0 Å². The number of aromatic nitrogens is 1. The Bertz CT molecular complexity index is 1590. The largest absolute Gasteiger partial charge is 0.508 e. The molecule has 0 bridgehead atoms. The highest BCUT2D eigenvalue weighted by molar-refractivity contribution is 7.98. The number of benzene rings is 2. The summed E-state index contributed by atoms with van der Waals surface area (Å²) in [4.78, 5) is 25.4. The van der Waals surface area contributed by atoms with Crippen LogP contribution in [0.2, 0.25) is 0 Å². The predicted octanol–water partition coefficient (Wildman–Crippen LogP) is 5.23. The van der Waals surface area contributed by atoms with Crippen molar-refractivity contribution >= 4 is 46.3 Å². The summed E-state index contributed by atoms with van der Waals surface area (Å²) in [5, 5.41) is 7.36. The first-order valence-corrected chi connectivity index (χ1v) is 15.2. The fraction of sp³-hybridized carbons (Fsp3) is 0.419. The number of cyclic esters (lactones) is 2. The molecule has 2 fully saturated rings. The van der Waals surface area contributed by atoms with Crippen molar-refractivity contribution in [2.24, 2.45) is 0 Å². The lowest BCUT2D eigenvalue weighted by Crippen LogP contribution is -2.43. The molecule has 14 heteroatoms. The van der Waals surface area contributed by atoms with E-state index in [4.69, 9.17) is 14.2 Å². The second-order valence-electron chi connectivity index (χ2n) is 10.8. The molecule has 240 valence electrons. The summed E-state index contributed by atoms with van der Waals surface area (Å²) in [6, 6.07) is 12.5. The zero-order chi connectivity index (χ0) is 32.0. The van der Waals surface area contributed by atoms with Gasteiger partial charge in [-0.05, 0) is 67.1 Å². The SMILES string of the molecule is COc1cc(SNC(C)=O)ccc1NCC#Cc1cc2c(NC3CCN(CC4COC(=O)O4)CC3)cccc2n1CC(F)(F)F. The standard InChI is InChI=1S/C31H34F3N5O5S/c1-20(40)37-45-24-8-9-27(29(16-24)42-2)35-12-4-5-22-15-25-26(6-3-7-28(25)39(22)19-31(32,33)34)36-21-10-13-38(14-11-21)17-23-18-43-30(41)44-23/h3,6-9,15-16,21,23,35-36H,10-14,17-19H2,1-2H3,(H,37,40). The molecule has 1 aromatic heterocycles. The van der Waals surface area contributed by atoms with E-state index in [9.17, 15) is 22.8 Å². The highest BCUT2D eigenvalue weighted by atomic mass is 32.2. The minimum Gasteiger partial charge on any atom is -0.495 e. The number of rotatable bonds is 10. The zero-order valence-electron chi connectivity index (χ0n) is 24.8. The number of amides is 1. The molecule has 3 heterocycles. The van der Waals surface area contributed by atoms with Gasteiger partial charge in [-0.1, -0.05) is 12.0 Å². The van der Waals surface area contributed by atoms with Crippen molar-refractivity contribution in [3.63, 3.8) is 0 Å². The molecule has 0 radical (unpaired) electrons. The third kappa shape index (κ3) is 8.70. The average molecular weight is 646 g/mol. The number of hydrogen-bond acceptors (Lipinski definition) is 9. The van der Waals surface area contributed by atoms with Gasteiger partial charge in [0.25, 0.3) is 0 Å². The van der Waals surface area contributed by atoms with E-state index in [2.05, 4.69) is 32.1 Å². The molecule has 0 spiro atoms. The molecule has 1 unspecified atom stereocenters. The number of nitrogens with one attached hydrogen (secondary N) is 3. The third-order valence-electron chi connectivity index (χ3n) is 7.41. The average Bonchev–Trinajstić information content (AvgIpc) is 3.57. The van der Waals surface area contributed by atoms with E-state index < -0.39 is 18.9 Å². The van der Waals surface area contributed by atoms with Crippen molar-refractivity contribution in [1.29, 1.82) is 0 Å². The van der Waals surface area contributed by atoms with E-state index in [1.165, 1.54) is 18.6 Å². The quantitative estimate of drug-likeness (QED) is 0.155. The lowest BCUT2D eigenvalue weighted by molar-refractivity contribution is -0.140. The van der Waals surface area contributed by atoms with E-state index in [1.54, 1.807) is 36.4 Å². The molecule has 45 heavy (non-hydrogen) atoms. The van der Waals surface area contributed by atoms with Crippen LogP contribution in [0.4, 0.5) is 29.3 Å². The van der Waals surface area contributed by atoms with Crippen LogP contribution in [0.3, 0.4) is 0 Å². The zero-order valence-corrected chi connectivity index (χ0v) is 25.6. The van der Waals surface area contributed by atoms with Crippen LogP contribution < -0.4 is 20.1 Å². The van der Waals surface area contributed by atoms with Gasteiger partial charge in [0.05, 0.1) is 30.6 Å². The maximum atomic E-state index is 13.7. The molecular weight excluding hydrogens is 611 g/mol. The number of ether oxygens (including phenoxy) is 3. The summed E-state index contributed by atoms with van der Waals surface area (Å²) < 4.78 is 60.3. The summed E-state index contributed by atoms with van der Waals surface area (Å²) in [6.45, 7) is 2.89. The van der Waals surface area contributed by atoms with Gasteiger partial charge >= 0.3 is 12.3 Å². The monoisotopic (exact) mass is 645 g/mol. The van der Waals surface area contributed by atoms with Crippen LogP contribution >= 0.6 is 11.9 Å². The fourth-order valence-corrected chi connectivity index (χ4v) is 5.94. The number of nitrogens with zero attached hydrogens (tertiary/aromatic N) is 2. The van der Waals surface area contributed by atoms with Crippen molar-refractivity contribution in [2.45, 2.75) is 49.5 Å². The van der Waals surface area contributed by atoms with E-state index in [0.717, 1.165) is 48.5 Å². The Hall–Kier alpha value is -4.22. The molecule has 2 aliphatic rings. The second kappa shape index (κ2) is 14.3. The van der Waals surface area contributed by atoms with Gasteiger partial charge in [-0.15, -0.1) is 0 Å². The smallest absolute Gasteiger partial charge is 0.495 e. The van der Waals surface area contributed by atoms with Gasteiger partial charge in [0.2, 0.25) is 5.91 Å². The number of anilines is 2. The molecule has 5 rings (SSSR count). The highest BCUT2D eigenvalue weighted by Crippen LogP contribution is 2.32. The molecule has 0 saturated carbocycles. The van der Waals surface area contributed by atoms with Crippen molar-refractivity contribution in [2.75, 3.05) is 50.5 Å². The fourth-order valence-electron chi connectivity index (χ4n) is 5.37. The van der Waals surface area contributed by atoms with Gasteiger partial charge in [0.15, 0.2) is 6.10 Å². The first-order valence-electron chi connectivity index (χ1n) is 14.4. The Morgan fingerprint density at radius 2 is 1.96 bits per heavy atom. The van der Waals surface area contributed by atoms with E-state index in [0.29, 0.717) is 28.9 Å². The number of halogens is 3. The molecule has 2 aromatic carbocycles. The maximum Gasteiger partial charge on any atom is 0.508 e. The molecule has 2 saturated heterocycles. The molecular formula is C31H34F3N5O5S. The van der Waals surface area contributed by atoms with Gasteiger partial charge in [-0.3, -0.25) is 14.4 Å². The number of likely N-dealkylation sites (tertiary alicyclic amines) is 1. The summed E-state index contributed by atoms with van der Waals surface area (Å²) >= 11 is 1.16. The molecule has 1 atom stereocenters. The van der Waals surface area contributed by atoms with E-state index in [1.807, 2.05) is 6.07 Å². The Kier molecular flexibility index (Phi) is 10.2. The second-order valence-corrected chi connectivity index (χ2v) is 11.6. The molecule has 2 aliphatic heterocycles. The van der Waals surface area contributed by atoms with Crippen LogP contribution in [0.15, 0.2) is 47.4 Å². The van der Waals surface area contributed by atoms with Gasteiger partial charge in [-0.25, -0.2) is 4.79 Å². The lowest BCUT2D eigenvalue weighted by Gasteiger charge is -2.33. The summed E-state index contributed by atoms with van der Waals surface area (Å²) in [5.74, 6) is 6.24. The topological polar surface area (TPSA) is 106 Å². The number of fused-ring (bicyclic) bond motifs is 1. The Morgan fingerprint density at radius 1 is 1.16 bits per heavy atom. The number of piperidine rings is 1. The molecule has 3 aromatic rings. The van der Waals surface area contributed by atoms with Crippen LogP contribution in [-0.2, 0) is 20.8 Å². The summed E-state index contributed by atoms with van der Waals surface area (Å²) in [5.41, 5.74) is 2.12. The summed E-state index contributed by atoms with van der Waals surface area (Å²) in [6.07, 6.45) is -3.67. The van der Waals surface area contributed by atoms with Crippen LogP contribution in [0.1, 0.15) is 25.5 Å². The molecule has 1 amide bonds. The normalized spacial score (nSPS) is 17.3. The molecule has 10 nitrogen and oxygen atoms in total. The predicted molar refractivity (Wildman–Crippen MR) is 165 cm³/mol. The van der Waals surface area contributed by atoms with Crippen molar-refractivity contribution in [3.8, 4) is 17.6 Å². The first kappa shape index (κ1) is 32.2. The highest BCUT2D eigenvalue weighted by Gasteiger charge is 2.31. The van der Waals surface area contributed by atoms with Gasteiger partial charge in [0, 0.05) is 48.6 Å². The number of methoxy groups -OCH3 is 1. The Labute approximate surface area is 263 Å². The number of carbonyl (C=O) groups excluding carboxylic acids is 2. The van der Waals surface area contributed by atoms with Gasteiger partial charge in [0.1, 0.15) is 18.9 Å². The van der Waals surface area contributed by atoms with Crippen LogP contribution in [0.5, 0.6) is 5.75 Å². The van der Waals surface area contributed by atoms with Crippen molar-refractivity contribution in [3.05, 3.63) is 48.2 Å². The maximum absolute atomic E-state index is 13.7. The van der Waals surface area contributed by atoms with Crippen LogP contribution in [0.25, 0.3) is 10.9 Å². The van der Waals surface area contributed by atoms with Crippen LogP contribution in [-0.4, -0.2) is 79.7 Å². The number of alkyl halides is 3. The van der Waals surface area contributed by atoms with Gasteiger partial charge in [-0.2, -0.15) is 13.2 Å². The Balaban J connectivity index is 1.27. The molecule has 3 N–H and O–H groups in total. The molecule has 0 aliphatic carbocycles. The Morgan fingerprint density at radius 3 is 2.64 bits per heavy atom. The van der Waals surface area contributed by atoms with Crippen molar-refractivity contribution in [1.82, 2.24) is 14.2 Å². The van der Waals surface area contributed by atoms with E-state index in [-0.39, 0.29) is 36.9 Å². The minimum atomic E-state index is -4.43. The van der Waals surface area contributed by atoms with Gasteiger partial charge < -0.3 is 29.4 Å². The number of carbonyl (C=O) groups is 2. The summed E-state index contributed by atoms with van der Waals surface area (Å²) in [7, 11) is 1.52. The lowest BCUT2D eigenvalue weighted by atomic mass is 10.0. The van der Waals surface area contributed by atoms with E-state index >= 15 is 0 Å².